The minimum Gasteiger partial charge on any atom is -0.478 e. The van der Waals surface area contributed by atoms with Gasteiger partial charge < -0.3 is 15.6 Å². The Morgan fingerprint density at radius 1 is 1.22 bits per heavy atom. The van der Waals surface area contributed by atoms with Gasteiger partial charge in [0.25, 0.3) is 0 Å². The van der Waals surface area contributed by atoms with E-state index in [9.17, 15) is 9.59 Å². The number of hydrogen-bond donors (Lipinski definition) is 3. The third-order valence-corrected chi connectivity index (χ3v) is 3.91. The number of rotatable bonds is 5. The number of carboxylic acids is 1. The molecule has 0 radical (unpaired) electrons. The number of carboxylic acid groups (broad SMARTS) is 1. The van der Waals surface area contributed by atoms with Crippen LogP contribution in [0.25, 0.3) is 6.08 Å². The lowest BCUT2D eigenvalue weighted by Gasteiger charge is -2.03. The first-order valence-electron chi connectivity index (χ1n) is 6.55. The van der Waals surface area contributed by atoms with Crippen molar-refractivity contribution in [3.8, 4) is 5.75 Å². The minimum atomic E-state index is -1.01. The van der Waals surface area contributed by atoms with Gasteiger partial charge in [-0.1, -0.05) is 0 Å². The minimum absolute atomic E-state index is 0.0636. The Labute approximate surface area is 136 Å². The van der Waals surface area contributed by atoms with Gasteiger partial charge in [0, 0.05) is 16.0 Å². The predicted molar refractivity (Wildman–Crippen MR) is 88.0 cm³/mol. The molecule has 0 aliphatic carbocycles. The number of carbonyl (C=O) groups is 2. The number of amidine groups is 1. The summed E-state index contributed by atoms with van der Waals surface area (Å²) in [6, 6.07) is 9.52. The van der Waals surface area contributed by atoms with Gasteiger partial charge in [0.05, 0.1) is 0 Å². The van der Waals surface area contributed by atoms with Crippen LogP contribution in [0.4, 0.5) is 0 Å². The van der Waals surface area contributed by atoms with Crippen LogP contribution in [0.3, 0.4) is 0 Å². The summed E-state index contributed by atoms with van der Waals surface area (Å²) in [6.07, 6.45) is 1.49. The van der Waals surface area contributed by atoms with Crippen LogP contribution >= 0.6 is 11.3 Å². The van der Waals surface area contributed by atoms with E-state index in [1.165, 1.54) is 13.0 Å². The Balaban J connectivity index is 2.09. The molecule has 0 spiro atoms. The number of nitrogen functional groups attached to an aromatic ring is 1. The molecule has 0 unspecified atom stereocenters. The SMILES string of the molecule is CC(=Cc1ccc(C(=O)Oc2ccc(C(=N)N)cc2)s1)C(=O)O. The summed E-state index contributed by atoms with van der Waals surface area (Å²) in [7, 11) is 0. The Morgan fingerprint density at radius 2 is 1.87 bits per heavy atom. The maximum Gasteiger partial charge on any atom is 0.353 e. The molecule has 2 rings (SSSR count). The molecule has 1 heterocycles. The van der Waals surface area contributed by atoms with Crippen molar-refractivity contribution in [2.45, 2.75) is 6.92 Å². The number of hydrogen-bond acceptors (Lipinski definition) is 5. The first kappa shape index (κ1) is 16.4. The van der Waals surface area contributed by atoms with E-state index in [1.54, 1.807) is 36.4 Å². The van der Waals surface area contributed by atoms with Crippen molar-refractivity contribution in [2.75, 3.05) is 0 Å². The van der Waals surface area contributed by atoms with Crippen LogP contribution in [-0.4, -0.2) is 22.9 Å². The highest BCUT2D eigenvalue weighted by molar-refractivity contribution is 7.14. The monoisotopic (exact) mass is 330 g/mol. The van der Waals surface area contributed by atoms with Gasteiger partial charge in [0.2, 0.25) is 0 Å². The first-order chi connectivity index (χ1) is 10.9. The van der Waals surface area contributed by atoms with Crippen LogP contribution in [0.5, 0.6) is 5.75 Å². The largest absolute Gasteiger partial charge is 0.478 e. The van der Waals surface area contributed by atoms with Gasteiger partial charge in [-0.15, -0.1) is 11.3 Å². The average molecular weight is 330 g/mol. The van der Waals surface area contributed by atoms with Crippen LogP contribution in [-0.2, 0) is 4.79 Å². The Hall–Kier alpha value is -2.93. The standard InChI is InChI=1S/C16H14N2O4S/c1-9(15(19)20)8-12-6-7-13(23-12)16(21)22-11-4-2-10(3-5-11)14(17)18/h2-8H,1H3,(H3,17,18)(H,19,20). The van der Waals surface area contributed by atoms with Crippen molar-refractivity contribution in [2.24, 2.45) is 5.73 Å². The van der Waals surface area contributed by atoms with Crippen molar-refractivity contribution < 1.29 is 19.4 Å². The third kappa shape index (κ3) is 4.27. The number of aliphatic carboxylic acids is 1. The fourth-order valence-electron chi connectivity index (χ4n) is 1.68. The molecule has 0 saturated heterocycles. The Morgan fingerprint density at radius 3 is 2.43 bits per heavy atom. The van der Waals surface area contributed by atoms with Crippen LogP contribution in [0.1, 0.15) is 27.0 Å². The first-order valence-corrected chi connectivity index (χ1v) is 7.36. The molecule has 0 bridgehead atoms. The predicted octanol–water partition coefficient (Wildman–Crippen LogP) is 2.74. The average Bonchev–Trinajstić information content (AvgIpc) is 2.96. The number of thiophene rings is 1. The molecule has 0 aliphatic rings. The third-order valence-electron chi connectivity index (χ3n) is 2.90. The molecule has 0 saturated carbocycles. The number of nitrogens with one attached hydrogen (secondary N) is 1. The lowest BCUT2D eigenvalue weighted by atomic mass is 10.2. The lowest BCUT2D eigenvalue weighted by molar-refractivity contribution is -0.132. The zero-order valence-corrected chi connectivity index (χ0v) is 13.0. The molecule has 7 heteroatoms. The number of benzene rings is 1. The zero-order chi connectivity index (χ0) is 17.0. The zero-order valence-electron chi connectivity index (χ0n) is 12.2. The molecule has 0 aliphatic heterocycles. The van der Waals surface area contributed by atoms with Crippen molar-refractivity contribution in [3.05, 3.63) is 57.3 Å². The molecule has 4 N–H and O–H groups in total. The second-order valence-electron chi connectivity index (χ2n) is 4.66. The summed E-state index contributed by atoms with van der Waals surface area (Å²) in [5.74, 6) is -1.26. The van der Waals surface area contributed by atoms with E-state index in [4.69, 9.17) is 21.0 Å². The number of ether oxygens (including phenoxy) is 1. The van der Waals surface area contributed by atoms with Crippen LogP contribution < -0.4 is 10.5 Å². The van der Waals surface area contributed by atoms with Gasteiger partial charge in [-0.05, 0) is 49.4 Å². The lowest BCUT2D eigenvalue weighted by Crippen LogP contribution is -2.11. The highest BCUT2D eigenvalue weighted by Gasteiger charge is 2.12. The van der Waals surface area contributed by atoms with E-state index in [1.807, 2.05) is 0 Å². The molecule has 6 nitrogen and oxygen atoms in total. The summed E-state index contributed by atoms with van der Waals surface area (Å²) in [4.78, 5) is 23.9. The smallest absolute Gasteiger partial charge is 0.353 e. The summed E-state index contributed by atoms with van der Waals surface area (Å²) >= 11 is 1.15. The molecule has 118 valence electrons. The van der Waals surface area contributed by atoms with Crippen molar-refractivity contribution >= 4 is 35.2 Å². The normalized spacial score (nSPS) is 11.1. The van der Waals surface area contributed by atoms with Crippen LogP contribution in [0, 0.1) is 5.41 Å². The summed E-state index contributed by atoms with van der Waals surface area (Å²) in [6.45, 7) is 1.48. The van der Waals surface area contributed by atoms with Crippen LogP contribution in [0.2, 0.25) is 0 Å². The van der Waals surface area contributed by atoms with E-state index in [2.05, 4.69) is 0 Å². The van der Waals surface area contributed by atoms with E-state index in [0.717, 1.165) is 11.3 Å². The Bertz CT molecular complexity index is 791. The van der Waals surface area contributed by atoms with Crippen molar-refractivity contribution in [1.29, 1.82) is 5.41 Å². The summed E-state index contributed by atoms with van der Waals surface area (Å²) in [5.41, 5.74) is 6.08. The summed E-state index contributed by atoms with van der Waals surface area (Å²) in [5, 5.41) is 16.1. The fourth-order valence-corrected chi connectivity index (χ4v) is 2.56. The molecule has 0 fully saturated rings. The maximum absolute atomic E-state index is 12.1. The number of esters is 1. The molecule has 0 atom stereocenters. The van der Waals surface area contributed by atoms with Gasteiger partial charge in [0.15, 0.2) is 0 Å². The Kier molecular flexibility index (Phi) is 4.92. The van der Waals surface area contributed by atoms with E-state index in [-0.39, 0.29) is 11.4 Å². The van der Waals surface area contributed by atoms with Crippen LogP contribution in [0.15, 0.2) is 42.0 Å². The molecule has 1 aromatic heterocycles. The van der Waals surface area contributed by atoms with Crippen molar-refractivity contribution in [3.63, 3.8) is 0 Å². The van der Waals surface area contributed by atoms with E-state index >= 15 is 0 Å². The van der Waals surface area contributed by atoms with Gasteiger partial charge >= 0.3 is 11.9 Å². The van der Waals surface area contributed by atoms with Gasteiger partial charge in [-0.25, -0.2) is 9.59 Å². The molecular weight excluding hydrogens is 316 g/mol. The second-order valence-corrected chi connectivity index (χ2v) is 5.78. The quantitative estimate of drug-likeness (QED) is 0.256. The molecule has 0 amide bonds. The molecule has 2 aromatic rings. The summed E-state index contributed by atoms with van der Waals surface area (Å²) < 4.78 is 5.22. The topological polar surface area (TPSA) is 113 Å². The maximum atomic E-state index is 12.1. The van der Waals surface area contributed by atoms with Gasteiger partial charge in [-0.2, -0.15) is 0 Å². The van der Waals surface area contributed by atoms with E-state index in [0.29, 0.717) is 21.1 Å². The van der Waals surface area contributed by atoms with Gasteiger partial charge in [0.1, 0.15) is 16.5 Å². The highest BCUT2D eigenvalue weighted by atomic mass is 32.1. The van der Waals surface area contributed by atoms with Gasteiger partial charge in [-0.3, -0.25) is 5.41 Å². The molecule has 23 heavy (non-hydrogen) atoms. The number of carbonyl (C=O) groups excluding carboxylic acids is 1. The number of nitrogens with two attached hydrogens (primary N) is 1. The second kappa shape index (κ2) is 6.89. The van der Waals surface area contributed by atoms with Crippen molar-refractivity contribution in [1.82, 2.24) is 0 Å². The highest BCUT2D eigenvalue weighted by Crippen LogP contribution is 2.22. The van der Waals surface area contributed by atoms with E-state index < -0.39 is 11.9 Å². The molecule has 1 aromatic carbocycles. The fraction of sp³-hybridized carbons (Fsp3) is 0.0625. The molecular formula is C16H14N2O4S.